The van der Waals surface area contributed by atoms with E-state index >= 15 is 0 Å². The molecule has 1 N–H and O–H groups in total. The lowest BCUT2D eigenvalue weighted by molar-refractivity contribution is -0.139. The third kappa shape index (κ3) is 2.39. The zero-order valence-electron chi connectivity index (χ0n) is 9.47. The van der Waals surface area contributed by atoms with Gasteiger partial charge in [-0.3, -0.25) is 0 Å². The molecule has 1 atom stereocenters. The number of rotatable bonds is 2. The Hall–Kier alpha value is -2.02. The highest BCUT2D eigenvalue weighted by atomic mass is 16.4. The van der Waals surface area contributed by atoms with Crippen molar-refractivity contribution in [1.82, 2.24) is 0 Å². The molecule has 1 aliphatic rings. The first-order valence-corrected chi connectivity index (χ1v) is 5.72. The quantitative estimate of drug-likeness (QED) is 0.844. The van der Waals surface area contributed by atoms with E-state index in [1.54, 1.807) is 18.2 Å². The SMILES string of the molecule is N#Cc1cccc(N2CCCC[C@H]2C(=O)O)c1. The zero-order valence-corrected chi connectivity index (χ0v) is 9.47. The van der Waals surface area contributed by atoms with Gasteiger partial charge < -0.3 is 10.0 Å². The molecule has 1 aliphatic heterocycles. The second kappa shape index (κ2) is 4.88. The summed E-state index contributed by atoms with van der Waals surface area (Å²) in [7, 11) is 0. The highest BCUT2D eigenvalue weighted by Crippen LogP contribution is 2.25. The first-order chi connectivity index (χ1) is 8.22. The Morgan fingerprint density at radius 2 is 2.29 bits per heavy atom. The van der Waals surface area contributed by atoms with Gasteiger partial charge >= 0.3 is 5.97 Å². The minimum Gasteiger partial charge on any atom is -0.480 e. The van der Waals surface area contributed by atoms with Crippen LogP contribution in [-0.4, -0.2) is 23.7 Å². The molecular formula is C13H14N2O2. The van der Waals surface area contributed by atoms with E-state index < -0.39 is 12.0 Å². The van der Waals surface area contributed by atoms with E-state index in [1.165, 1.54) is 0 Å². The van der Waals surface area contributed by atoms with Crippen LogP contribution in [0.15, 0.2) is 24.3 Å². The van der Waals surface area contributed by atoms with E-state index in [2.05, 4.69) is 6.07 Å². The van der Waals surface area contributed by atoms with E-state index in [0.29, 0.717) is 12.0 Å². The first-order valence-electron chi connectivity index (χ1n) is 5.72. The summed E-state index contributed by atoms with van der Waals surface area (Å²) in [5.41, 5.74) is 1.40. The largest absolute Gasteiger partial charge is 0.480 e. The topological polar surface area (TPSA) is 64.3 Å². The maximum Gasteiger partial charge on any atom is 0.326 e. The summed E-state index contributed by atoms with van der Waals surface area (Å²) >= 11 is 0. The Morgan fingerprint density at radius 1 is 1.47 bits per heavy atom. The highest BCUT2D eigenvalue weighted by molar-refractivity contribution is 5.78. The average molecular weight is 230 g/mol. The van der Waals surface area contributed by atoms with Gasteiger partial charge in [0.15, 0.2) is 0 Å². The fraction of sp³-hybridized carbons (Fsp3) is 0.385. The molecule has 1 aromatic carbocycles. The molecule has 0 aliphatic carbocycles. The summed E-state index contributed by atoms with van der Waals surface area (Å²) in [5, 5.41) is 18.0. The predicted molar refractivity (Wildman–Crippen MR) is 63.8 cm³/mol. The van der Waals surface area contributed by atoms with Crippen LogP contribution in [0.4, 0.5) is 5.69 Å². The Bertz CT molecular complexity index is 465. The Labute approximate surface area is 100 Å². The highest BCUT2D eigenvalue weighted by Gasteiger charge is 2.28. The monoisotopic (exact) mass is 230 g/mol. The molecule has 1 heterocycles. The van der Waals surface area contributed by atoms with Gasteiger partial charge in [0.05, 0.1) is 11.6 Å². The molecule has 4 heteroatoms. The lowest BCUT2D eigenvalue weighted by Gasteiger charge is -2.34. The van der Waals surface area contributed by atoms with E-state index in [4.69, 9.17) is 5.26 Å². The molecule has 4 nitrogen and oxygen atoms in total. The van der Waals surface area contributed by atoms with E-state index in [9.17, 15) is 9.90 Å². The van der Waals surface area contributed by atoms with Gasteiger partial charge in [0, 0.05) is 12.2 Å². The summed E-state index contributed by atoms with van der Waals surface area (Å²) in [4.78, 5) is 13.1. The average Bonchev–Trinajstić information content (AvgIpc) is 2.39. The van der Waals surface area contributed by atoms with Crippen molar-refractivity contribution in [2.45, 2.75) is 25.3 Å². The molecule has 1 saturated heterocycles. The summed E-state index contributed by atoms with van der Waals surface area (Å²) in [6.07, 6.45) is 2.62. The van der Waals surface area contributed by atoms with Gasteiger partial charge in [-0.2, -0.15) is 5.26 Å². The van der Waals surface area contributed by atoms with E-state index in [-0.39, 0.29) is 0 Å². The van der Waals surface area contributed by atoms with Gasteiger partial charge in [-0.05, 0) is 37.5 Å². The number of nitrogens with zero attached hydrogens (tertiary/aromatic N) is 2. The third-order valence-corrected chi connectivity index (χ3v) is 3.09. The van der Waals surface area contributed by atoms with Crippen molar-refractivity contribution in [3.8, 4) is 6.07 Å². The number of anilines is 1. The van der Waals surface area contributed by atoms with Crippen molar-refractivity contribution in [3.05, 3.63) is 29.8 Å². The third-order valence-electron chi connectivity index (χ3n) is 3.09. The van der Waals surface area contributed by atoms with Gasteiger partial charge in [0.1, 0.15) is 6.04 Å². The number of hydrogen-bond acceptors (Lipinski definition) is 3. The number of nitriles is 1. The van der Waals surface area contributed by atoms with E-state index in [1.807, 2.05) is 11.0 Å². The maximum atomic E-state index is 11.2. The molecule has 1 fully saturated rings. The molecule has 0 unspecified atom stereocenters. The Kier molecular flexibility index (Phi) is 3.29. The Morgan fingerprint density at radius 3 is 3.00 bits per heavy atom. The first kappa shape index (κ1) is 11.5. The molecule has 0 bridgehead atoms. The van der Waals surface area contributed by atoms with Crippen molar-refractivity contribution in [2.75, 3.05) is 11.4 Å². The molecule has 0 saturated carbocycles. The van der Waals surface area contributed by atoms with Crippen LogP contribution in [0.5, 0.6) is 0 Å². The molecule has 0 spiro atoms. The predicted octanol–water partition coefficient (Wildman–Crippen LogP) is 2.00. The van der Waals surface area contributed by atoms with Gasteiger partial charge in [0.25, 0.3) is 0 Å². The van der Waals surface area contributed by atoms with Crippen LogP contribution in [0.2, 0.25) is 0 Å². The van der Waals surface area contributed by atoms with Gasteiger partial charge in [0.2, 0.25) is 0 Å². The molecule has 17 heavy (non-hydrogen) atoms. The fourth-order valence-corrected chi connectivity index (χ4v) is 2.25. The molecule has 0 radical (unpaired) electrons. The fourth-order valence-electron chi connectivity index (χ4n) is 2.25. The maximum absolute atomic E-state index is 11.2. The molecular weight excluding hydrogens is 216 g/mol. The second-order valence-corrected chi connectivity index (χ2v) is 4.21. The van der Waals surface area contributed by atoms with Gasteiger partial charge in [-0.15, -0.1) is 0 Å². The lowest BCUT2D eigenvalue weighted by Crippen LogP contribution is -2.44. The van der Waals surface area contributed by atoms with Crippen LogP contribution >= 0.6 is 0 Å². The number of carboxylic acids is 1. The minimum absolute atomic E-state index is 0.460. The molecule has 1 aromatic rings. The second-order valence-electron chi connectivity index (χ2n) is 4.21. The van der Waals surface area contributed by atoms with Crippen LogP contribution in [0, 0.1) is 11.3 Å². The molecule has 0 aromatic heterocycles. The summed E-state index contributed by atoms with van der Waals surface area (Å²) in [5.74, 6) is -0.785. The van der Waals surface area contributed by atoms with Crippen LogP contribution in [0.25, 0.3) is 0 Å². The number of aliphatic carboxylic acids is 1. The molecule has 2 rings (SSSR count). The van der Waals surface area contributed by atoms with Gasteiger partial charge in [-0.1, -0.05) is 6.07 Å². The summed E-state index contributed by atoms with van der Waals surface area (Å²) in [6.45, 7) is 0.742. The number of piperidine rings is 1. The van der Waals surface area contributed by atoms with Crippen molar-refractivity contribution < 1.29 is 9.90 Å². The number of benzene rings is 1. The normalized spacial score (nSPS) is 19.7. The smallest absolute Gasteiger partial charge is 0.326 e. The Balaban J connectivity index is 2.29. The van der Waals surface area contributed by atoms with E-state index in [0.717, 1.165) is 25.1 Å². The van der Waals surface area contributed by atoms with Crippen LogP contribution < -0.4 is 4.90 Å². The lowest BCUT2D eigenvalue weighted by atomic mass is 10.0. The summed E-state index contributed by atoms with van der Waals surface area (Å²) < 4.78 is 0. The minimum atomic E-state index is -0.785. The number of hydrogen-bond donors (Lipinski definition) is 1. The van der Waals surface area contributed by atoms with Crippen molar-refractivity contribution >= 4 is 11.7 Å². The van der Waals surface area contributed by atoms with Crippen LogP contribution in [0.1, 0.15) is 24.8 Å². The van der Waals surface area contributed by atoms with Gasteiger partial charge in [-0.25, -0.2) is 4.79 Å². The van der Waals surface area contributed by atoms with Crippen molar-refractivity contribution in [1.29, 1.82) is 5.26 Å². The zero-order chi connectivity index (χ0) is 12.3. The number of carboxylic acid groups (broad SMARTS) is 1. The molecule has 88 valence electrons. The standard InChI is InChI=1S/C13H14N2O2/c14-9-10-4-3-5-11(8-10)15-7-2-1-6-12(15)13(16)17/h3-5,8,12H,1-2,6-7H2,(H,16,17)/t12-/m0/s1. The number of carbonyl (C=O) groups is 1. The van der Waals surface area contributed by atoms with Crippen LogP contribution in [-0.2, 0) is 4.79 Å². The molecule has 0 amide bonds. The van der Waals surface area contributed by atoms with Crippen molar-refractivity contribution in [2.24, 2.45) is 0 Å². The van der Waals surface area contributed by atoms with Crippen molar-refractivity contribution in [3.63, 3.8) is 0 Å². The summed E-state index contributed by atoms with van der Waals surface area (Å²) in [6, 6.07) is 8.75. The van der Waals surface area contributed by atoms with Crippen LogP contribution in [0.3, 0.4) is 0 Å².